The smallest absolute Gasteiger partial charge is 0.134 e. The van der Waals surface area contributed by atoms with Crippen molar-refractivity contribution in [2.45, 2.75) is 13.1 Å². The summed E-state index contributed by atoms with van der Waals surface area (Å²) in [7, 11) is 1.68. The Hall–Kier alpha value is -1.94. The molecule has 1 aromatic heterocycles. The number of furan rings is 1. The monoisotopic (exact) mass is 363 g/mol. The third-order valence-corrected chi connectivity index (χ3v) is 3.85. The van der Waals surface area contributed by atoms with E-state index in [9.17, 15) is 0 Å². The van der Waals surface area contributed by atoms with Crippen molar-refractivity contribution in [3.05, 3.63) is 77.0 Å². The molecule has 0 unspecified atom stereocenters. The summed E-state index contributed by atoms with van der Waals surface area (Å²) in [6, 6.07) is 19.6. The lowest BCUT2D eigenvalue weighted by Gasteiger charge is -2.08. The fourth-order valence-corrected chi connectivity index (χ4v) is 2.54. The van der Waals surface area contributed by atoms with Crippen molar-refractivity contribution in [2.75, 3.05) is 7.11 Å². The first kappa shape index (κ1) is 18.4. The molecule has 1 N–H and O–H groups in total. The van der Waals surface area contributed by atoms with Crippen LogP contribution >= 0.6 is 24.0 Å². The van der Waals surface area contributed by atoms with E-state index in [0.29, 0.717) is 6.54 Å². The average molecular weight is 364 g/mol. The zero-order valence-corrected chi connectivity index (χ0v) is 14.9. The molecule has 3 rings (SSSR count). The van der Waals surface area contributed by atoms with E-state index >= 15 is 0 Å². The van der Waals surface area contributed by atoms with E-state index in [1.807, 2.05) is 60.7 Å². The lowest BCUT2D eigenvalue weighted by molar-refractivity contribution is 0.406. The molecule has 0 bridgehead atoms. The summed E-state index contributed by atoms with van der Waals surface area (Å²) in [4.78, 5) is 0. The predicted molar refractivity (Wildman–Crippen MR) is 99.9 cm³/mol. The standard InChI is InChI=1S/C19H18ClNO2.ClH/c1-22-18-5-3-2-4-15(18)12-21-13-17-10-11-19(23-17)14-6-8-16(20)9-7-14;/h2-11,21H,12-13H2,1H3;1H. The van der Waals surface area contributed by atoms with Gasteiger partial charge >= 0.3 is 0 Å². The minimum absolute atomic E-state index is 0. The second-order valence-electron chi connectivity index (χ2n) is 5.19. The number of ether oxygens (including phenoxy) is 1. The van der Waals surface area contributed by atoms with Crippen molar-refractivity contribution in [2.24, 2.45) is 0 Å². The highest BCUT2D eigenvalue weighted by atomic mass is 35.5. The zero-order valence-electron chi connectivity index (χ0n) is 13.3. The Kier molecular flexibility index (Phi) is 6.73. The quantitative estimate of drug-likeness (QED) is 0.643. The first-order valence-corrected chi connectivity index (χ1v) is 7.81. The summed E-state index contributed by atoms with van der Waals surface area (Å²) in [5.74, 6) is 2.63. The van der Waals surface area contributed by atoms with Gasteiger partial charge in [-0.25, -0.2) is 0 Å². The van der Waals surface area contributed by atoms with Gasteiger partial charge in [-0.15, -0.1) is 12.4 Å². The number of nitrogens with one attached hydrogen (secondary N) is 1. The Morgan fingerprint density at radius 1 is 0.958 bits per heavy atom. The summed E-state index contributed by atoms with van der Waals surface area (Å²) in [6.07, 6.45) is 0. The maximum absolute atomic E-state index is 5.90. The number of para-hydroxylation sites is 1. The maximum atomic E-state index is 5.90. The Bertz CT molecular complexity index is 769. The Balaban J connectivity index is 0.00000208. The van der Waals surface area contributed by atoms with Crippen LogP contribution in [0.4, 0.5) is 0 Å². The molecule has 126 valence electrons. The molecule has 0 saturated carbocycles. The second-order valence-corrected chi connectivity index (χ2v) is 5.62. The van der Waals surface area contributed by atoms with E-state index in [-0.39, 0.29) is 12.4 Å². The van der Waals surface area contributed by atoms with E-state index in [4.69, 9.17) is 20.8 Å². The number of rotatable bonds is 6. The van der Waals surface area contributed by atoms with Crippen LogP contribution in [0, 0.1) is 0 Å². The van der Waals surface area contributed by atoms with Gasteiger partial charge in [0.2, 0.25) is 0 Å². The molecule has 1 heterocycles. The number of halogens is 2. The number of methoxy groups -OCH3 is 1. The molecule has 0 aliphatic heterocycles. The third-order valence-electron chi connectivity index (χ3n) is 3.60. The fourth-order valence-electron chi connectivity index (χ4n) is 2.41. The highest BCUT2D eigenvalue weighted by molar-refractivity contribution is 6.30. The first-order valence-electron chi connectivity index (χ1n) is 7.43. The molecule has 3 aromatic rings. The van der Waals surface area contributed by atoms with Crippen LogP contribution in [0.2, 0.25) is 5.02 Å². The molecule has 3 nitrogen and oxygen atoms in total. The maximum Gasteiger partial charge on any atom is 0.134 e. The van der Waals surface area contributed by atoms with Crippen molar-refractivity contribution in [1.82, 2.24) is 5.32 Å². The van der Waals surface area contributed by atoms with Crippen molar-refractivity contribution < 1.29 is 9.15 Å². The van der Waals surface area contributed by atoms with Crippen molar-refractivity contribution in [3.63, 3.8) is 0 Å². The van der Waals surface area contributed by atoms with Crippen LogP contribution in [0.1, 0.15) is 11.3 Å². The minimum atomic E-state index is 0. The Morgan fingerprint density at radius 3 is 2.46 bits per heavy atom. The first-order chi connectivity index (χ1) is 11.3. The van der Waals surface area contributed by atoms with E-state index in [1.54, 1.807) is 7.11 Å². The molecule has 24 heavy (non-hydrogen) atoms. The van der Waals surface area contributed by atoms with Crippen LogP contribution in [-0.4, -0.2) is 7.11 Å². The molecular formula is C19H19Cl2NO2. The number of hydrogen-bond acceptors (Lipinski definition) is 3. The molecule has 0 fully saturated rings. The SMILES string of the molecule is COc1ccccc1CNCc1ccc(-c2ccc(Cl)cc2)o1.Cl. The van der Waals surface area contributed by atoms with Gasteiger partial charge in [0, 0.05) is 22.7 Å². The molecule has 0 radical (unpaired) electrons. The van der Waals surface area contributed by atoms with Crippen molar-refractivity contribution in [3.8, 4) is 17.1 Å². The molecule has 0 aliphatic carbocycles. The Morgan fingerprint density at radius 2 is 1.71 bits per heavy atom. The molecule has 0 saturated heterocycles. The number of hydrogen-bond donors (Lipinski definition) is 1. The third kappa shape index (κ3) is 4.54. The van der Waals surface area contributed by atoms with E-state index in [2.05, 4.69) is 5.32 Å². The predicted octanol–water partition coefficient (Wildman–Crippen LogP) is 5.32. The lowest BCUT2D eigenvalue weighted by Crippen LogP contribution is -2.12. The number of benzene rings is 2. The van der Waals surface area contributed by atoms with Gasteiger partial charge in [0.25, 0.3) is 0 Å². The summed E-state index contributed by atoms with van der Waals surface area (Å²) < 4.78 is 11.2. The van der Waals surface area contributed by atoms with Crippen LogP contribution in [0.25, 0.3) is 11.3 Å². The van der Waals surface area contributed by atoms with Gasteiger partial charge in [0.1, 0.15) is 17.3 Å². The van der Waals surface area contributed by atoms with Gasteiger partial charge in [-0.05, 0) is 42.5 Å². The van der Waals surface area contributed by atoms with Crippen LogP contribution in [-0.2, 0) is 13.1 Å². The van der Waals surface area contributed by atoms with Gasteiger partial charge in [-0.3, -0.25) is 0 Å². The topological polar surface area (TPSA) is 34.4 Å². The summed E-state index contributed by atoms with van der Waals surface area (Å²) in [6.45, 7) is 1.38. The minimum Gasteiger partial charge on any atom is -0.496 e. The van der Waals surface area contributed by atoms with Gasteiger partial charge in [0.05, 0.1) is 13.7 Å². The van der Waals surface area contributed by atoms with Gasteiger partial charge in [0.15, 0.2) is 0 Å². The highest BCUT2D eigenvalue weighted by Gasteiger charge is 2.06. The highest BCUT2D eigenvalue weighted by Crippen LogP contribution is 2.24. The van der Waals surface area contributed by atoms with E-state index < -0.39 is 0 Å². The molecule has 0 amide bonds. The average Bonchev–Trinajstić information content (AvgIpc) is 3.05. The van der Waals surface area contributed by atoms with Crippen LogP contribution in [0.15, 0.2) is 65.1 Å². The van der Waals surface area contributed by atoms with Crippen LogP contribution in [0.5, 0.6) is 5.75 Å². The molecule has 2 aromatic carbocycles. The van der Waals surface area contributed by atoms with Gasteiger partial charge in [-0.2, -0.15) is 0 Å². The van der Waals surface area contributed by atoms with Gasteiger partial charge in [-0.1, -0.05) is 29.8 Å². The normalized spacial score (nSPS) is 10.2. The largest absolute Gasteiger partial charge is 0.496 e. The zero-order chi connectivity index (χ0) is 16.1. The summed E-state index contributed by atoms with van der Waals surface area (Å²) in [5, 5.41) is 4.09. The molecule has 0 spiro atoms. The molecule has 5 heteroatoms. The molecular weight excluding hydrogens is 345 g/mol. The van der Waals surface area contributed by atoms with E-state index in [1.165, 1.54) is 0 Å². The van der Waals surface area contributed by atoms with Crippen molar-refractivity contribution in [1.29, 1.82) is 0 Å². The van der Waals surface area contributed by atoms with Crippen LogP contribution in [0.3, 0.4) is 0 Å². The van der Waals surface area contributed by atoms with Crippen LogP contribution < -0.4 is 10.1 Å². The molecule has 0 aliphatic rings. The Labute approximate surface area is 153 Å². The summed E-state index contributed by atoms with van der Waals surface area (Å²) >= 11 is 5.90. The lowest BCUT2D eigenvalue weighted by atomic mass is 10.2. The van der Waals surface area contributed by atoms with Gasteiger partial charge < -0.3 is 14.5 Å². The summed E-state index contributed by atoms with van der Waals surface area (Å²) in [5.41, 5.74) is 2.14. The fraction of sp³-hybridized carbons (Fsp3) is 0.158. The van der Waals surface area contributed by atoms with Crippen molar-refractivity contribution >= 4 is 24.0 Å². The second kappa shape index (κ2) is 8.78. The molecule has 0 atom stereocenters. The van der Waals surface area contributed by atoms with E-state index in [0.717, 1.165) is 40.0 Å².